The molecule has 0 spiro atoms. The molecule has 0 bridgehead atoms. The van der Waals surface area contributed by atoms with Crippen molar-refractivity contribution in [2.75, 3.05) is 0 Å². The van der Waals surface area contributed by atoms with Crippen molar-refractivity contribution < 1.29 is 8.78 Å². The summed E-state index contributed by atoms with van der Waals surface area (Å²) in [6, 6.07) is 0.507. The third kappa shape index (κ3) is 3.43. The lowest BCUT2D eigenvalue weighted by atomic mass is 10.2. The van der Waals surface area contributed by atoms with E-state index < -0.39 is 11.4 Å². The number of nitrogens with one attached hydrogen (secondary N) is 1. The molecule has 1 aromatic heterocycles. The molecule has 0 amide bonds. The van der Waals surface area contributed by atoms with E-state index in [1.807, 2.05) is 10.8 Å². The van der Waals surface area contributed by atoms with Gasteiger partial charge in [-0.05, 0) is 33.6 Å². The van der Waals surface area contributed by atoms with Crippen LogP contribution in [0.4, 0.5) is 8.78 Å². The molecule has 0 aliphatic carbocycles. The molecule has 1 unspecified atom stereocenters. The molecule has 1 aromatic rings. The lowest BCUT2D eigenvalue weighted by Crippen LogP contribution is -2.46. The minimum atomic E-state index is -3.34. The maximum absolute atomic E-state index is 12.7. The highest BCUT2D eigenvalue weighted by molar-refractivity contribution is 9.10. The van der Waals surface area contributed by atoms with Gasteiger partial charge in [0.2, 0.25) is 0 Å². The van der Waals surface area contributed by atoms with E-state index in [9.17, 15) is 8.78 Å². The summed E-state index contributed by atoms with van der Waals surface area (Å²) in [6.07, 6.45) is 0.100. The monoisotopic (exact) mass is 304 g/mol. The first-order valence-electron chi connectivity index (χ1n) is 3.69. The zero-order valence-corrected chi connectivity index (χ0v) is 10.1. The fourth-order valence-electron chi connectivity index (χ4n) is 0.931. The van der Waals surface area contributed by atoms with Gasteiger partial charge >= 0.3 is 5.38 Å². The molecule has 80 valence electrons. The number of hydrogen-bond donors (Lipinski definition) is 2. The molecule has 1 heterocycles. The molecule has 3 N–H and O–H groups in total. The Labute approximate surface area is 97.5 Å². The van der Waals surface area contributed by atoms with Crippen molar-refractivity contribution in [3.63, 3.8) is 0 Å². The van der Waals surface area contributed by atoms with Gasteiger partial charge in [0.05, 0.1) is 0 Å². The predicted octanol–water partition coefficient (Wildman–Crippen LogP) is 2.72. The Morgan fingerprint density at radius 2 is 2.36 bits per heavy atom. The molecule has 0 fully saturated rings. The average molecular weight is 306 g/mol. The van der Waals surface area contributed by atoms with E-state index in [2.05, 4.69) is 15.9 Å². The van der Waals surface area contributed by atoms with Crippen LogP contribution in [0, 0.1) is 0 Å². The highest BCUT2D eigenvalue weighted by atomic mass is 79.9. The van der Waals surface area contributed by atoms with Gasteiger partial charge in [0, 0.05) is 21.2 Å². The highest BCUT2D eigenvalue weighted by Gasteiger charge is 2.36. The summed E-state index contributed by atoms with van der Waals surface area (Å²) >= 11 is 9.48. The third-order valence-corrected chi connectivity index (χ3v) is 3.61. The number of thiophene rings is 1. The second kappa shape index (κ2) is 4.85. The van der Waals surface area contributed by atoms with E-state index in [0.717, 1.165) is 9.35 Å². The quantitative estimate of drug-likeness (QED) is 0.510. The molecular weight excluding hydrogens is 298 g/mol. The highest BCUT2D eigenvalue weighted by Crippen LogP contribution is 2.28. The van der Waals surface area contributed by atoms with Crippen molar-refractivity contribution in [2.45, 2.75) is 17.8 Å². The van der Waals surface area contributed by atoms with E-state index in [4.69, 9.17) is 17.4 Å². The summed E-state index contributed by atoms with van der Waals surface area (Å²) in [6.45, 7) is 0. The maximum atomic E-state index is 12.7. The van der Waals surface area contributed by atoms with Gasteiger partial charge in [0.25, 0.3) is 0 Å². The van der Waals surface area contributed by atoms with Gasteiger partial charge in [-0.3, -0.25) is 5.84 Å². The molecule has 2 nitrogen and oxygen atoms in total. The second-order valence-electron chi connectivity index (χ2n) is 2.70. The molecule has 1 atom stereocenters. The van der Waals surface area contributed by atoms with E-state index in [1.54, 1.807) is 6.07 Å². The molecule has 0 saturated carbocycles. The number of nitrogens with two attached hydrogens (primary N) is 1. The predicted molar refractivity (Wildman–Crippen MR) is 57.6 cm³/mol. The van der Waals surface area contributed by atoms with Crippen LogP contribution in [0.1, 0.15) is 4.88 Å². The van der Waals surface area contributed by atoms with E-state index in [1.165, 1.54) is 11.3 Å². The molecule has 0 radical (unpaired) electrons. The molecule has 0 aliphatic rings. The zero-order valence-electron chi connectivity index (χ0n) is 6.94. The minimum Gasteiger partial charge on any atom is -0.271 e. The SMILES string of the molecule is NNC(Cc1cc(Br)cs1)C(F)(F)Cl. The van der Waals surface area contributed by atoms with Gasteiger partial charge in [-0.2, -0.15) is 8.78 Å². The molecule has 0 aliphatic heterocycles. The lowest BCUT2D eigenvalue weighted by molar-refractivity contribution is 0.0506. The fraction of sp³-hybridized carbons (Fsp3) is 0.429. The topological polar surface area (TPSA) is 38.0 Å². The van der Waals surface area contributed by atoms with E-state index in [0.29, 0.717) is 0 Å². The summed E-state index contributed by atoms with van der Waals surface area (Å²) < 4.78 is 26.3. The second-order valence-corrected chi connectivity index (χ2v) is 5.11. The Morgan fingerprint density at radius 3 is 2.71 bits per heavy atom. The minimum absolute atomic E-state index is 0.100. The zero-order chi connectivity index (χ0) is 10.8. The van der Waals surface area contributed by atoms with Crippen LogP contribution in [0.25, 0.3) is 0 Å². The summed E-state index contributed by atoms with van der Waals surface area (Å²) in [5, 5.41) is -1.53. The van der Waals surface area contributed by atoms with Crippen molar-refractivity contribution in [3.8, 4) is 0 Å². The summed E-state index contributed by atoms with van der Waals surface area (Å²) in [4.78, 5) is 0.792. The van der Waals surface area contributed by atoms with Crippen LogP contribution in [-0.2, 0) is 6.42 Å². The normalized spacial score (nSPS) is 14.4. The standard InChI is InChI=1S/C7H8BrClF2N2S/c8-4-1-5(14-3-4)2-6(13-12)7(9,10)11/h1,3,6,13H,2,12H2. The van der Waals surface area contributed by atoms with Crippen molar-refractivity contribution in [1.82, 2.24) is 5.43 Å². The van der Waals surface area contributed by atoms with Gasteiger partial charge in [-0.15, -0.1) is 11.3 Å². The van der Waals surface area contributed by atoms with Gasteiger partial charge in [0.15, 0.2) is 0 Å². The molecule has 0 saturated heterocycles. The Bertz CT molecular complexity index is 302. The van der Waals surface area contributed by atoms with Gasteiger partial charge in [-0.25, -0.2) is 5.43 Å². The molecule has 14 heavy (non-hydrogen) atoms. The summed E-state index contributed by atoms with van der Waals surface area (Å²) in [5.74, 6) is 4.99. The van der Waals surface area contributed by atoms with Crippen molar-refractivity contribution in [1.29, 1.82) is 0 Å². The Hall–Kier alpha value is 0.250. The fourth-order valence-corrected chi connectivity index (χ4v) is 2.57. The largest absolute Gasteiger partial charge is 0.338 e. The Balaban J connectivity index is 2.66. The van der Waals surface area contributed by atoms with Crippen LogP contribution >= 0.6 is 38.9 Å². The number of hydrogen-bond acceptors (Lipinski definition) is 3. The Morgan fingerprint density at radius 1 is 1.71 bits per heavy atom. The lowest BCUT2D eigenvalue weighted by Gasteiger charge is -2.19. The van der Waals surface area contributed by atoms with E-state index in [-0.39, 0.29) is 6.42 Å². The van der Waals surface area contributed by atoms with Crippen molar-refractivity contribution >= 4 is 38.9 Å². The van der Waals surface area contributed by atoms with Crippen molar-refractivity contribution in [2.24, 2.45) is 5.84 Å². The van der Waals surface area contributed by atoms with Gasteiger partial charge < -0.3 is 0 Å². The number of halogens is 4. The third-order valence-electron chi connectivity index (χ3n) is 1.62. The summed E-state index contributed by atoms with van der Waals surface area (Å²) in [7, 11) is 0. The van der Waals surface area contributed by atoms with Crippen LogP contribution in [-0.4, -0.2) is 11.4 Å². The van der Waals surface area contributed by atoms with Crippen LogP contribution in [0.2, 0.25) is 0 Å². The van der Waals surface area contributed by atoms with Gasteiger partial charge in [0.1, 0.15) is 6.04 Å². The molecular formula is C7H8BrClF2N2S. The van der Waals surface area contributed by atoms with Gasteiger partial charge in [-0.1, -0.05) is 0 Å². The van der Waals surface area contributed by atoms with Crippen molar-refractivity contribution in [3.05, 3.63) is 20.8 Å². The average Bonchev–Trinajstić information content (AvgIpc) is 2.45. The number of rotatable bonds is 4. The first-order chi connectivity index (χ1) is 6.43. The Kier molecular flexibility index (Phi) is 4.27. The van der Waals surface area contributed by atoms with Crippen LogP contribution in [0.15, 0.2) is 15.9 Å². The summed E-state index contributed by atoms with van der Waals surface area (Å²) in [5.41, 5.74) is 2.01. The molecule has 7 heteroatoms. The first-order valence-corrected chi connectivity index (χ1v) is 5.74. The molecule has 1 rings (SSSR count). The molecule has 0 aromatic carbocycles. The first kappa shape index (κ1) is 12.3. The van der Waals surface area contributed by atoms with Crippen LogP contribution < -0.4 is 11.3 Å². The van der Waals surface area contributed by atoms with E-state index >= 15 is 0 Å². The maximum Gasteiger partial charge on any atom is 0.338 e. The van der Waals surface area contributed by atoms with Crippen LogP contribution in [0.5, 0.6) is 0 Å². The smallest absolute Gasteiger partial charge is 0.271 e. The number of alkyl halides is 3. The number of hydrazine groups is 1. The van der Waals surface area contributed by atoms with Crippen LogP contribution in [0.3, 0.4) is 0 Å².